The van der Waals surface area contributed by atoms with Crippen molar-refractivity contribution in [2.75, 3.05) is 19.6 Å². The minimum Gasteiger partial charge on any atom is -0.311 e. The molecule has 4 nitrogen and oxygen atoms in total. The molecule has 0 fully saturated rings. The van der Waals surface area contributed by atoms with Gasteiger partial charge in [0.15, 0.2) is 0 Å². The van der Waals surface area contributed by atoms with E-state index in [1.165, 1.54) is 43.8 Å². The van der Waals surface area contributed by atoms with Crippen LogP contribution in [0.5, 0.6) is 0 Å². The smallest absolute Gasteiger partial charge is 0.0462 e. The molecule has 4 heteroatoms. The molecule has 0 aliphatic heterocycles. The zero-order valence-electron chi connectivity index (χ0n) is 52.9. The highest BCUT2D eigenvalue weighted by Gasteiger charge is 2.19. The third-order valence-corrected chi connectivity index (χ3v) is 18.3. The van der Waals surface area contributed by atoms with Gasteiger partial charge in [0, 0.05) is 68.2 Å². The van der Waals surface area contributed by atoms with E-state index in [2.05, 4.69) is 420 Å². The quantitative estimate of drug-likeness (QED) is 0.0901. The summed E-state index contributed by atoms with van der Waals surface area (Å²) in [7, 11) is 0. The number of hydrogen-bond donors (Lipinski definition) is 0. The lowest BCUT2D eigenvalue weighted by Crippen LogP contribution is -2.10. The second-order valence-corrected chi connectivity index (χ2v) is 24.1. The molecule has 0 saturated carbocycles. The summed E-state index contributed by atoms with van der Waals surface area (Å²) in [5.74, 6) is 0. The SMILES string of the molecule is c1ccc(N(c2ccccc2)c2ccc(-c3ccc(N(c4ccc(-c5ccc(N(c6ccc(-c7ccc(N(c8ccccc8)c8ccccc8)cc7)cc6)c6ccc(-c7cccc8ccccc78)cc6)cc5)cc4)c4ccc(-c5cccc6ccccc56)cc4)cc3)cc2)cc1. The van der Waals surface area contributed by atoms with Gasteiger partial charge in [0.1, 0.15) is 0 Å². The highest BCUT2D eigenvalue weighted by atomic mass is 15.2. The summed E-state index contributed by atoms with van der Waals surface area (Å²) in [6, 6.07) is 144. The Kier molecular flexibility index (Phi) is 16.1. The monoisotopic (exact) mass is 1230 g/mol. The Hall–Kier alpha value is -12.8. The normalized spacial score (nSPS) is 11.1. The fourth-order valence-corrected chi connectivity index (χ4v) is 13.4. The third-order valence-electron chi connectivity index (χ3n) is 18.3. The number of hydrogen-bond acceptors (Lipinski definition) is 4. The average molecular weight is 1230 g/mol. The molecule has 0 bridgehead atoms. The van der Waals surface area contributed by atoms with Gasteiger partial charge in [0.05, 0.1) is 0 Å². The van der Waals surface area contributed by atoms with Gasteiger partial charge < -0.3 is 19.6 Å². The summed E-state index contributed by atoms with van der Waals surface area (Å²) in [6.45, 7) is 0. The molecule has 0 heterocycles. The van der Waals surface area contributed by atoms with Crippen LogP contribution in [0.25, 0.3) is 77.2 Å². The third kappa shape index (κ3) is 11.9. The van der Waals surface area contributed by atoms with Crippen molar-refractivity contribution in [1.82, 2.24) is 0 Å². The Morgan fingerprint density at radius 1 is 0.115 bits per heavy atom. The zero-order chi connectivity index (χ0) is 64.0. The van der Waals surface area contributed by atoms with Gasteiger partial charge in [-0.3, -0.25) is 0 Å². The maximum Gasteiger partial charge on any atom is 0.0462 e. The van der Waals surface area contributed by atoms with Gasteiger partial charge >= 0.3 is 0 Å². The first-order valence-electron chi connectivity index (χ1n) is 32.8. The number of para-hydroxylation sites is 4. The van der Waals surface area contributed by atoms with E-state index in [1.807, 2.05) is 0 Å². The lowest BCUT2D eigenvalue weighted by atomic mass is 9.98. The molecule has 0 spiro atoms. The van der Waals surface area contributed by atoms with Gasteiger partial charge in [0.2, 0.25) is 0 Å². The van der Waals surface area contributed by atoms with Crippen molar-refractivity contribution in [2.45, 2.75) is 0 Å². The molecule has 0 aliphatic carbocycles. The van der Waals surface area contributed by atoms with Crippen molar-refractivity contribution >= 4 is 89.8 Å². The van der Waals surface area contributed by atoms with E-state index in [0.29, 0.717) is 0 Å². The number of benzene rings is 16. The van der Waals surface area contributed by atoms with Crippen LogP contribution < -0.4 is 19.6 Å². The molecule has 0 N–H and O–H groups in total. The molecule has 0 amide bonds. The second kappa shape index (κ2) is 26.5. The van der Waals surface area contributed by atoms with Gasteiger partial charge in [-0.05, 0) is 223 Å². The van der Waals surface area contributed by atoms with Gasteiger partial charge in [-0.2, -0.15) is 0 Å². The minimum absolute atomic E-state index is 1.06. The molecule has 454 valence electrons. The number of rotatable bonds is 17. The summed E-state index contributed by atoms with van der Waals surface area (Å²) < 4.78 is 0. The first kappa shape index (κ1) is 58.3. The van der Waals surface area contributed by atoms with Crippen molar-refractivity contribution in [1.29, 1.82) is 0 Å². The van der Waals surface area contributed by atoms with Crippen LogP contribution in [0.15, 0.2) is 400 Å². The van der Waals surface area contributed by atoms with Crippen LogP contribution in [0.2, 0.25) is 0 Å². The molecular weight excluding hydrogens is 1160 g/mol. The Bertz CT molecular complexity index is 4830. The van der Waals surface area contributed by atoms with Crippen LogP contribution in [0.1, 0.15) is 0 Å². The minimum atomic E-state index is 1.06. The van der Waals surface area contributed by atoms with Crippen molar-refractivity contribution in [2.24, 2.45) is 0 Å². The molecule has 0 unspecified atom stereocenters. The van der Waals surface area contributed by atoms with Crippen LogP contribution in [0, 0.1) is 0 Å². The molecule has 0 radical (unpaired) electrons. The van der Waals surface area contributed by atoms with Crippen molar-refractivity contribution in [3.8, 4) is 55.6 Å². The molecule has 16 aromatic rings. The van der Waals surface area contributed by atoms with Gasteiger partial charge in [-0.25, -0.2) is 0 Å². The summed E-state index contributed by atoms with van der Waals surface area (Å²) >= 11 is 0. The second-order valence-electron chi connectivity index (χ2n) is 24.1. The highest BCUT2D eigenvalue weighted by Crippen LogP contribution is 2.44. The first-order chi connectivity index (χ1) is 47.6. The fraction of sp³-hybridized carbons (Fsp3) is 0. The van der Waals surface area contributed by atoms with Crippen molar-refractivity contribution < 1.29 is 0 Å². The molecule has 0 saturated heterocycles. The van der Waals surface area contributed by atoms with Crippen LogP contribution in [0.4, 0.5) is 68.2 Å². The molecule has 0 atom stereocenters. The number of nitrogens with zero attached hydrogens (tertiary/aromatic N) is 4. The largest absolute Gasteiger partial charge is 0.311 e. The standard InChI is InChI=1S/C92H66N4/c1-5-23-77(24-6-1)93(78-25-7-2-8-26-78)81-51-35-67(36-52-81)69-39-55-83(56-40-69)95(87-63-47-75(48-64-87)91-33-17-21-73-19-13-15-31-89(73)91)85-59-43-71(44-60-85)72-45-61-86(62-46-72)96(88-65-49-76(50-66-88)92-34-18-22-74-20-14-16-32-90(74)92)84-57-41-70(42-58-84)68-37-53-82(54-38-68)94(79-27-9-3-10-28-79)80-29-11-4-12-30-80/h1-66H. The average Bonchev–Trinajstić information content (AvgIpc) is 0.859. The summed E-state index contributed by atoms with van der Waals surface area (Å²) in [6.07, 6.45) is 0. The topological polar surface area (TPSA) is 13.0 Å². The van der Waals surface area contributed by atoms with E-state index in [9.17, 15) is 0 Å². The Morgan fingerprint density at radius 3 is 0.500 bits per heavy atom. The van der Waals surface area contributed by atoms with E-state index < -0.39 is 0 Å². The van der Waals surface area contributed by atoms with Crippen LogP contribution in [-0.4, -0.2) is 0 Å². The summed E-state index contributed by atoms with van der Waals surface area (Å²) in [5.41, 5.74) is 24.7. The van der Waals surface area contributed by atoms with Gasteiger partial charge in [0.25, 0.3) is 0 Å². The van der Waals surface area contributed by atoms with Crippen molar-refractivity contribution in [3.05, 3.63) is 400 Å². The molecule has 0 aliphatic rings. The Balaban J connectivity index is 0.706. The summed E-state index contributed by atoms with van der Waals surface area (Å²) in [4.78, 5) is 9.32. The van der Waals surface area contributed by atoms with E-state index in [0.717, 1.165) is 102 Å². The van der Waals surface area contributed by atoms with Gasteiger partial charge in [-0.15, -0.1) is 0 Å². The molecule has 0 aromatic heterocycles. The Morgan fingerprint density at radius 2 is 0.281 bits per heavy atom. The fourth-order valence-electron chi connectivity index (χ4n) is 13.4. The highest BCUT2D eigenvalue weighted by molar-refractivity contribution is 5.99. The van der Waals surface area contributed by atoms with Gasteiger partial charge in [-0.1, -0.05) is 255 Å². The maximum absolute atomic E-state index is 2.36. The lowest BCUT2D eigenvalue weighted by molar-refractivity contribution is 1.28. The lowest BCUT2D eigenvalue weighted by Gasteiger charge is -2.27. The number of anilines is 12. The van der Waals surface area contributed by atoms with E-state index >= 15 is 0 Å². The first-order valence-corrected chi connectivity index (χ1v) is 32.8. The molecule has 16 rings (SSSR count). The molecule has 96 heavy (non-hydrogen) atoms. The van der Waals surface area contributed by atoms with Crippen LogP contribution in [-0.2, 0) is 0 Å². The van der Waals surface area contributed by atoms with E-state index in [1.54, 1.807) is 0 Å². The molecule has 16 aromatic carbocycles. The summed E-state index contributed by atoms with van der Waals surface area (Å²) in [5, 5.41) is 4.95. The predicted octanol–water partition coefficient (Wildman–Crippen LogP) is 26.2. The van der Waals surface area contributed by atoms with Crippen LogP contribution >= 0.6 is 0 Å². The van der Waals surface area contributed by atoms with Crippen LogP contribution in [0.3, 0.4) is 0 Å². The Labute approximate surface area is 562 Å². The van der Waals surface area contributed by atoms with Crippen molar-refractivity contribution in [3.63, 3.8) is 0 Å². The zero-order valence-corrected chi connectivity index (χ0v) is 52.9. The predicted molar refractivity (Wildman–Crippen MR) is 407 cm³/mol. The maximum atomic E-state index is 2.36. The van der Waals surface area contributed by atoms with E-state index in [4.69, 9.17) is 0 Å². The van der Waals surface area contributed by atoms with E-state index in [-0.39, 0.29) is 0 Å². The number of fused-ring (bicyclic) bond motifs is 2. The molecular formula is C92H66N4.